The van der Waals surface area contributed by atoms with E-state index in [1.54, 1.807) is 0 Å². The normalized spacial score (nSPS) is 23.1. The van der Waals surface area contributed by atoms with Crippen LogP contribution in [0.4, 0.5) is 0 Å². The fourth-order valence-corrected chi connectivity index (χ4v) is 6.65. The number of rotatable bonds is 2. The third kappa shape index (κ3) is 2.99. The summed E-state index contributed by atoms with van der Waals surface area (Å²) in [6.07, 6.45) is 3.98. The highest BCUT2D eigenvalue weighted by molar-refractivity contribution is 7.13. The molecule has 0 N–H and O–H groups in total. The van der Waals surface area contributed by atoms with Crippen LogP contribution < -0.4 is 0 Å². The van der Waals surface area contributed by atoms with Gasteiger partial charge >= 0.3 is 0 Å². The minimum atomic E-state index is -0.267. The van der Waals surface area contributed by atoms with Crippen molar-refractivity contribution < 1.29 is 4.74 Å². The van der Waals surface area contributed by atoms with Gasteiger partial charge in [-0.05, 0) is 19.3 Å². The first-order valence-corrected chi connectivity index (χ1v) is 10.5. The van der Waals surface area contributed by atoms with Crippen LogP contribution in [0.3, 0.4) is 0 Å². The minimum Gasteiger partial charge on any atom is -0.377 e. The maximum Gasteiger partial charge on any atom is 0.0737 e. The lowest BCUT2D eigenvalue weighted by Crippen LogP contribution is -2.26. The fraction of sp³-hybridized carbons (Fsp3) is 0.857. The third-order valence-electron chi connectivity index (χ3n) is 1.79. The summed E-state index contributed by atoms with van der Waals surface area (Å²) >= 11 is 0. The predicted octanol–water partition coefficient (Wildman–Crippen LogP) is 0.829. The minimum absolute atomic E-state index is 0.134. The van der Waals surface area contributed by atoms with Gasteiger partial charge in [-0.3, -0.25) is 0 Å². The standard InChI is InChI=1S/C7H17OSi2/c1-10(2)9-7-5-3-4-6-8-7/h10H,3-6,9H2,1-2H3. The van der Waals surface area contributed by atoms with Crippen LogP contribution in [-0.4, -0.2) is 24.0 Å². The van der Waals surface area contributed by atoms with Crippen LogP contribution >= 0.6 is 0 Å². The highest BCUT2D eigenvalue weighted by Gasteiger charge is 2.16. The lowest BCUT2D eigenvalue weighted by molar-refractivity contribution is 0.136. The van der Waals surface area contributed by atoms with Crippen LogP contribution in [0.1, 0.15) is 19.3 Å². The van der Waals surface area contributed by atoms with E-state index >= 15 is 0 Å². The number of ether oxygens (including phenoxy) is 1. The van der Waals surface area contributed by atoms with Crippen LogP contribution in [-0.2, 0) is 4.74 Å². The van der Waals surface area contributed by atoms with Crippen molar-refractivity contribution in [1.82, 2.24) is 0 Å². The smallest absolute Gasteiger partial charge is 0.0737 e. The molecule has 1 nitrogen and oxygen atoms in total. The molecule has 1 heterocycles. The Labute approximate surface area is 67.4 Å². The SMILES string of the molecule is C[SiH](C)[SiH2][C]1CCCCO1. The highest BCUT2D eigenvalue weighted by atomic mass is 29.2. The summed E-state index contributed by atoms with van der Waals surface area (Å²) in [6, 6.07) is 0. The van der Waals surface area contributed by atoms with Crippen LogP contribution in [0.15, 0.2) is 0 Å². The van der Waals surface area contributed by atoms with E-state index < -0.39 is 0 Å². The van der Waals surface area contributed by atoms with Gasteiger partial charge in [0.25, 0.3) is 0 Å². The van der Waals surface area contributed by atoms with E-state index in [1.165, 1.54) is 25.0 Å². The zero-order valence-electron chi connectivity index (χ0n) is 7.02. The van der Waals surface area contributed by atoms with Gasteiger partial charge in [0, 0.05) is 14.9 Å². The first kappa shape index (κ1) is 8.49. The molecule has 0 saturated carbocycles. The molecule has 0 spiro atoms. The van der Waals surface area contributed by atoms with Crippen molar-refractivity contribution in [3.05, 3.63) is 5.73 Å². The maximum atomic E-state index is 5.60. The van der Waals surface area contributed by atoms with E-state index in [0.717, 1.165) is 6.61 Å². The van der Waals surface area contributed by atoms with E-state index in [2.05, 4.69) is 13.1 Å². The molecule has 1 saturated heterocycles. The monoisotopic (exact) mass is 173 g/mol. The molecule has 0 atom stereocenters. The van der Waals surface area contributed by atoms with Gasteiger partial charge in [-0.1, -0.05) is 13.1 Å². The number of hydrogen-bond donors (Lipinski definition) is 0. The van der Waals surface area contributed by atoms with E-state index in [9.17, 15) is 0 Å². The van der Waals surface area contributed by atoms with Gasteiger partial charge in [0.05, 0.1) is 14.8 Å². The molecule has 1 fully saturated rings. The Morgan fingerprint density at radius 3 is 2.70 bits per heavy atom. The molecule has 0 amide bonds. The van der Waals surface area contributed by atoms with Crippen molar-refractivity contribution in [1.29, 1.82) is 0 Å². The first-order valence-electron chi connectivity index (χ1n) is 4.26. The molecule has 0 aliphatic carbocycles. The Hall–Kier alpha value is 0.394. The molecule has 10 heavy (non-hydrogen) atoms. The van der Waals surface area contributed by atoms with Gasteiger partial charge < -0.3 is 4.74 Å². The molecular weight excluding hydrogens is 156 g/mol. The molecule has 59 valence electrons. The molecule has 1 radical (unpaired) electrons. The molecule has 1 aliphatic heterocycles. The summed E-state index contributed by atoms with van der Waals surface area (Å²) < 4.78 is 5.60. The fourth-order valence-electron chi connectivity index (χ4n) is 1.33. The van der Waals surface area contributed by atoms with Gasteiger partial charge in [-0.15, -0.1) is 0 Å². The summed E-state index contributed by atoms with van der Waals surface area (Å²) in [5.74, 6) is 0. The van der Waals surface area contributed by atoms with Crippen LogP contribution in [0.5, 0.6) is 0 Å². The number of hydrogen-bond acceptors (Lipinski definition) is 1. The molecule has 1 aliphatic rings. The lowest BCUT2D eigenvalue weighted by Gasteiger charge is -2.22. The molecular formula is C7H17OSi2. The van der Waals surface area contributed by atoms with Crippen molar-refractivity contribution in [2.24, 2.45) is 0 Å². The molecule has 0 aromatic carbocycles. The van der Waals surface area contributed by atoms with Gasteiger partial charge in [0.2, 0.25) is 0 Å². The van der Waals surface area contributed by atoms with E-state index in [4.69, 9.17) is 4.74 Å². The second-order valence-corrected chi connectivity index (χ2v) is 13.6. The Balaban J connectivity index is 2.13. The Kier molecular flexibility index (Phi) is 3.66. The van der Waals surface area contributed by atoms with Gasteiger partial charge in [-0.2, -0.15) is 0 Å². The highest BCUT2D eigenvalue weighted by Crippen LogP contribution is 2.18. The van der Waals surface area contributed by atoms with E-state index in [1.807, 2.05) is 0 Å². The summed E-state index contributed by atoms with van der Waals surface area (Å²) in [6.45, 7) is 5.90. The summed E-state index contributed by atoms with van der Waals surface area (Å²) in [4.78, 5) is 0. The third-order valence-corrected chi connectivity index (χ3v) is 7.44. The summed E-state index contributed by atoms with van der Waals surface area (Å²) in [5.41, 5.74) is 1.54. The van der Waals surface area contributed by atoms with Gasteiger partial charge in [0.15, 0.2) is 0 Å². The summed E-state index contributed by atoms with van der Waals surface area (Å²) in [5, 5.41) is 0. The van der Waals surface area contributed by atoms with Crippen molar-refractivity contribution in [2.75, 3.05) is 6.61 Å². The van der Waals surface area contributed by atoms with Crippen molar-refractivity contribution in [2.45, 2.75) is 32.4 Å². The second-order valence-electron chi connectivity index (χ2n) is 3.44. The molecule has 0 aromatic rings. The molecule has 0 aromatic heterocycles. The lowest BCUT2D eigenvalue weighted by atomic mass is 10.2. The van der Waals surface area contributed by atoms with Crippen molar-refractivity contribution >= 4 is 17.4 Å². The van der Waals surface area contributed by atoms with Gasteiger partial charge in [-0.25, -0.2) is 0 Å². The predicted molar refractivity (Wildman–Crippen MR) is 50.5 cm³/mol. The van der Waals surface area contributed by atoms with Crippen LogP contribution in [0.2, 0.25) is 13.1 Å². The molecule has 0 unspecified atom stereocenters. The summed E-state index contributed by atoms with van der Waals surface area (Å²) in [7, 11) is -0.133. The molecule has 0 bridgehead atoms. The topological polar surface area (TPSA) is 9.23 Å². The van der Waals surface area contributed by atoms with Crippen molar-refractivity contribution in [3.8, 4) is 0 Å². The maximum absolute atomic E-state index is 5.60. The largest absolute Gasteiger partial charge is 0.377 e. The molecule has 1 rings (SSSR count). The van der Waals surface area contributed by atoms with E-state index in [0.29, 0.717) is 0 Å². The van der Waals surface area contributed by atoms with Gasteiger partial charge in [0.1, 0.15) is 0 Å². The Bertz CT molecular complexity index is 89.6. The van der Waals surface area contributed by atoms with Crippen LogP contribution in [0.25, 0.3) is 0 Å². The molecule has 3 heteroatoms. The Morgan fingerprint density at radius 2 is 2.20 bits per heavy atom. The van der Waals surface area contributed by atoms with Crippen molar-refractivity contribution in [3.63, 3.8) is 0 Å². The quantitative estimate of drug-likeness (QED) is 0.562. The average molecular weight is 173 g/mol. The van der Waals surface area contributed by atoms with Crippen LogP contribution in [0, 0.1) is 5.73 Å². The zero-order valence-corrected chi connectivity index (χ0v) is 9.59. The second kappa shape index (κ2) is 4.31. The Morgan fingerprint density at radius 1 is 1.40 bits per heavy atom. The average Bonchev–Trinajstić information content (AvgIpc) is 1.88. The zero-order chi connectivity index (χ0) is 7.40. The first-order chi connectivity index (χ1) is 4.79. The van der Waals surface area contributed by atoms with E-state index in [-0.39, 0.29) is 17.4 Å².